The highest BCUT2D eigenvalue weighted by atomic mass is 16.3. The Morgan fingerprint density at radius 2 is 1.66 bits per heavy atom. The summed E-state index contributed by atoms with van der Waals surface area (Å²) in [5, 5.41) is 22.9. The molecule has 3 fully saturated rings. The summed E-state index contributed by atoms with van der Waals surface area (Å²) >= 11 is 0. The van der Waals surface area contributed by atoms with Crippen molar-refractivity contribution in [3.8, 4) is 5.75 Å². The van der Waals surface area contributed by atoms with Crippen molar-refractivity contribution in [3.05, 3.63) is 40.5 Å². The maximum absolute atomic E-state index is 14.4. The van der Waals surface area contributed by atoms with Crippen molar-refractivity contribution in [2.75, 3.05) is 33.1 Å². The molecule has 5 aliphatic carbocycles. The highest BCUT2D eigenvalue weighted by Crippen LogP contribution is 2.52. The average Bonchev–Trinajstić information content (AvgIpc) is 3.45. The number of primary amides is 1. The van der Waals surface area contributed by atoms with Crippen LogP contribution in [0.4, 0.5) is 5.69 Å². The fourth-order valence-corrected chi connectivity index (χ4v) is 9.94. The lowest BCUT2D eigenvalue weighted by Crippen LogP contribution is -2.66. The molecule has 0 aliphatic heterocycles. The molecule has 0 heterocycles. The number of phenolic OH excluding ortho intramolecular Hbond substituents is 1. The van der Waals surface area contributed by atoms with Gasteiger partial charge in [-0.2, -0.15) is 0 Å². The first-order chi connectivity index (χ1) is 22.3. The number of phenols is 1. The zero-order chi connectivity index (χ0) is 33.9. The molecule has 1 aromatic rings. The quantitative estimate of drug-likeness (QED) is 0.355. The first-order valence-corrected chi connectivity index (χ1v) is 17.5. The number of hydrogen-bond donors (Lipinski definition) is 3. The van der Waals surface area contributed by atoms with Crippen LogP contribution < -0.4 is 10.6 Å². The van der Waals surface area contributed by atoms with E-state index in [2.05, 4.69) is 19.1 Å². The minimum absolute atomic E-state index is 0.100. The second kappa shape index (κ2) is 13.0. The van der Waals surface area contributed by atoms with Gasteiger partial charge in [-0.05, 0) is 93.5 Å². The van der Waals surface area contributed by atoms with E-state index in [1.165, 1.54) is 44.1 Å². The molecule has 1 amide bonds. The minimum Gasteiger partial charge on any atom is -0.507 e. The maximum atomic E-state index is 14.4. The van der Waals surface area contributed by atoms with Crippen molar-refractivity contribution < 1.29 is 29.4 Å². The van der Waals surface area contributed by atoms with Gasteiger partial charge in [0.2, 0.25) is 5.91 Å². The lowest BCUT2D eigenvalue weighted by molar-refractivity contribution is -0.161. The third kappa shape index (κ3) is 5.77. The Morgan fingerprint density at radius 1 is 0.979 bits per heavy atom. The SMILES string of the molecule is CCCC1CCC(CC2=CC=C(c3cc(N(C)C)c4c(c3O)C(=O)C3C(=O)[C@H]5C(=O)C(C(N)=O)C(O)[C@H](N(C)C)[C@H]5C[C@H]3C4)C2)CC1. The number of rotatable bonds is 8. The normalized spacial score (nSPS) is 33.6. The summed E-state index contributed by atoms with van der Waals surface area (Å²) in [5.74, 6) is -6.00. The fourth-order valence-electron chi connectivity index (χ4n) is 9.94. The second-order valence-electron chi connectivity index (χ2n) is 15.4. The number of allylic oxidation sites excluding steroid dienone is 4. The van der Waals surface area contributed by atoms with Gasteiger partial charge in [-0.25, -0.2) is 0 Å². The van der Waals surface area contributed by atoms with Crippen molar-refractivity contribution in [2.45, 2.75) is 83.3 Å². The van der Waals surface area contributed by atoms with Gasteiger partial charge in [-0.15, -0.1) is 0 Å². The van der Waals surface area contributed by atoms with E-state index in [1.54, 1.807) is 19.0 Å². The second-order valence-corrected chi connectivity index (χ2v) is 15.4. The standard InChI is InChI=1S/C38H51N3O6/c1-6-7-19-8-10-20(11-9-19)14-21-12-13-22(15-21)24-18-27(40(2)3)25-16-23-17-26-30(35(44)28(23)34(43)29(25)33(24)42)36(45)31(38(39)47)37(46)32(26)41(4)5/h12-13,18-20,23,26,28,30-32,37,42,46H,6-11,14-17H2,1-5H3,(H2,39,47)/t19?,20?,23-,26+,28?,30+,31?,32-,37?/m1/s1. The first kappa shape index (κ1) is 33.6. The molecule has 3 saturated carbocycles. The number of nitrogens with zero attached hydrogens (tertiary/aromatic N) is 2. The van der Waals surface area contributed by atoms with Gasteiger partial charge in [0, 0.05) is 31.4 Å². The molecule has 6 rings (SSSR count). The topological polar surface area (TPSA) is 141 Å². The Morgan fingerprint density at radius 3 is 2.28 bits per heavy atom. The molecule has 47 heavy (non-hydrogen) atoms. The Labute approximate surface area is 278 Å². The number of fused-ring (bicyclic) bond motifs is 3. The van der Waals surface area contributed by atoms with Gasteiger partial charge in [0.15, 0.2) is 17.3 Å². The smallest absolute Gasteiger partial charge is 0.230 e. The van der Waals surface area contributed by atoms with Crippen LogP contribution in [0.25, 0.3) is 5.57 Å². The van der Waals surface area contributed by atoms with Crippen molar-refractivity contribution in [1.82, 2.24) is 4.90 Å². The highest BCUT2D eigenvalue weighted by molar-refractivity contribution is 6.22. The number of ketones is 3. The van der Waals surface area contributed by atoms with Gasteiger partial charge in [-0.3, -0.25) is 19.2 Å². The van der Waals surface area contributed by atoms with Crippen LogP contribution in [0, 0.1) is 41.4 Å². The number of Topliss-reactive ketones (excluding diaryl/α,β-unsaturated/α-hetero) is 3. The van der Waals surface area contributed by atoms with E-state index < -0.39 is 65.0 Å². The number of nitrogens with two attached hydrogens (primary N) is 1. The minimum atomic E-state index is -1.52. The van der Waals surface area contributed by atoms with Crippen LogP contribution in [0.1, 0.15) is 86.2 Å². The Kier molecular flexibility index (Phi) is 9.26. The number of likely N-dealkylation sites (N-methyl/N-ethyl adjacent to an activating group) is 1. The molecule has 0 saturated heterocycles. The van der Waals surface area contributed by atoms with E-state index in [0.717, 1.165) is 23.6 Å². The molecule has 3 unspecified atom stereocenters. The summed E-state index contributed by atoms with van der Waals surface area (Å²) in [5.41, 5.74) is 10.2. The van der Waals surface area contributed by atoms with E-state index in [-0.39, 0.29) is 11.3 Å². The molecule has 0 radical (unpaired) electrons. The lowest BCUT2D eigenvalue weighted by Gasteiger charge is -2.51. The van der Waals surface area contributed by atoms with Crippen LogP contribution in [0.15, 0.2) is 23.8 Å². The van der Waals surface area contributed by atoms with E-state index in [9.17, 15) is 29.4 Å². The number of benzene rings is 1. The van der Waals surface area contributed by atoms with Crippen LogP contribution in [0.3, 0.4) is 0 Å². The summed E-state index contributed by atoms with van der Waals surface area (Å²) in [7, 11) is 7.32. The van der Waals surface area contributed by atoms with Gasteiger partial charge in [0.1, 0.15) is 11.7 Å². The molecule has 5 aliphatic rings. The number of anilines is 1. The Hall–Kier alpha value is -3.30. The van der Waals surface area contributed by atoms with E-state index >= 15 is 0 Å². The fraction of sp³-hybridized carbons (Fsp3) is 0.632. The molecule has 7 atom stereocenters. The first-order valence-electron chi connectivity index (χ1n) is 17.5. The van der Waals surface area contributed by atoms with Crippen molar-refractivity contribution in [2.24, 2.45) is 47.2 Å². The summed E-state index contributed by atoms with van der Waals surface area (Å²) < 4.78 is 0. The lowest BCUT2D eigenvalue weighted by atomic mass is 9.54. The maximum Gasteiger partial charge on any atom is 0.230 e. The van der Waals surface area contributed by atoms with E-state index in [1.807, 2.05) is 25.1 Å². The zero-order valence-electron chi connectivity index (χ0n) is 28.5. The van der Waals surface area contributed by atoms with Gasteiger partial charge < -0.3 is 25.7 Å². The third-order valence-corrected chi connectivity index (χ3v) is 12.1. The molecule has 254 valence electrons. The van der Waals surface area contributed by atoms with Crippen molar-refractivity contribution >= 4 is 34.5 Å². The predicted molar refractivity (Wildman–Crippen MR) is 181 cm³/mol. The predicted octanol–water partition coefficient (Wildman–Crippen LogP) is 4.32. The van der Waals surface area contributed by atoms with Crippen molar-refractivity contribution in [1.29, 1.82) is 0 Å². The molecule has 9 heteroatoms. The molecular formula is C38H51N3O6. The summed E-state index contributed by atoms with van der Waals surface area (Å²) in [6.45, 7) is 2.26. The molecule has 1 aromatic carbocycles. The molecular weight excluding hydrogens is 594 g/mol. The molecule has 0 spiro atoms. The number of aliphatic hydroxyl groups excluding tert-OH is 1. The largest absolute Gasteiger partial charge is 0.507 e. The van der Waals surface area contributed by atoms with Crippen LogP contribution in [-0.2, 0) is 20.8 Å². The molecule has 0 aromatic heterocycles. The van der Waals surface area contributed by atoms with Crippen LogP contribution in [-0.4, -0.2) is 78.7 Å². The number of aliphatic hydroxyl groups is 1. The van der Waals surface area contributed by atoms with Crippen molar-refractivity contribution in [3.63, 3.8) is 0 Å². The van der Waals surface area contributed by atoms with Crippen LogP contribution in [0.2, 0.25) is 0 Å². The van der Waals surface area contributed by atoms with E-state index in [0.29, 0.717) is 36.3 Å². The molecule has 0 bridgehead atoms. The Balaban J connectivity index is 1.29. The zero-order valence-corrected chi connectivity index (χ0v) is 28.5. The number of amides is 1. The van der Waals surface area contributed by atoms with E-state index in [4.69, 9.17) is 5.73 Å². The summed E-state index contributed by atoms with van der Waals surface area (Å²) in [4.78, 5) is 58.2. The van der Waals surface area contributed by atoms with Gasteiger partial charge in [0.25, 0.3) is 0 Å². The van der Waals surface area contributed by atoms with Gasteiger partial charge in [-0.1, -0.05) is 50.3 Å². The summed E-state index contributed by atoms with van der Waals surface area (Å²) in [6.07, 6.45) is 13.1. The van der Waals surface area contributed by atoms with Crippen LogP contribution in [0.5, 0.6) is 5.75 Å². The number of hydrogen-bond acceptors (Lipinski definition) is 8. The number of aromatic hydroxyl groups is 1. The van der Waals surface area contributed by atoms with Gasteiger partial charge in [0.05, 0.1) is 23.5 Å². The van der Waals surface area contributed by atoms with Crippen LogP contribution >= 0.6 is 0 Å². The molecule has 4 N–H and O–H groups in total. The number of carbonyl (C=O) groups is 4. The number of carbonyl (C=O) groups excluding carboxylic acids is 4. The summed E-state index contributed by atoms with van der Waals surface area (Å²) in [6, 6.07) is 1.32. The average molecular weight is 646 g/mol. The monoisotopic (exact) mass is 645 g/mol. The van der Waals surface area contributed by atoms with Gasteiger partial charge >= 0.3 is 0 Å². The third-order valence-electron chi connectivity index (χ3n) is 12.1. The highest BCUT2D eigenvalue weighted by Gasteiger charge is 2.61. The Bertz CT molecular complexity index is 1530. The molecule has 9 nitrogen and oxygen atoms in total.